The van der Waals surface area contributed by atoms with Gasteiger partial charge >= 0.3 is 0 Å². The van der Waals surface area contributed by atoms with E-state index in [4.69, 9.17) is 0 Å². The molecule has 0 atom stereocenters. The van der Waals surface area contributed by atoms with Crippen LogP contribution in [0.2, 0.25) is 0 Å². The van der Waals surface area contributed by atoms with Gasteiger partial charge < -0.3 is 10.2 Å². The first-order chi connectivity index (χ1) is 9.11. The molecular formula is C16H24N2O. The minimum absolute atomic E-state index is 0.198. The number of hydrogen-bond acceptors (Lipinski definition) is 2. The van der Waals surface area contributed by atoms with Crippen molar-refractivity contribution in [2.75, 3.05) is 26.7 Å². The first-order valence-corrected chi connectivity index (χ1v) is 7.13. The molecule has 1 aliphatic heterocycles. The van der Waals surface area contributed by atoms with Gasteiger partial charge in [0.2, 0.25) is 0 Å². The van der Waals surface area contributed by atoms with Crippen molar-refractivity contribution < 1.29 is 4.79 Å². The van der Waals surface area contributed by atoms with Crippen LogP contribution in [-0.2, 0) is 0 Å². The summed E-state index contributed by atoms with van der Waals surface area (Å²) < 4.78 is 0. The summed E-state index contributed by atoms with van der Waals surface area (Å²) >= 11 is 0. The van der Waals surface area contributed by atoms with Gasteiger partial charge in [0.15, 0.2) is 0 Å². The van der Waals surface area contributed by atoms with Gasteiger partial charge in [0.25, 0.3) is 5.91 Å². The van der Waals surface area contributed by atoms with Gasteiger partial charge in [-0.2, -0.15) is 0 Å². The molecule has 19 heavy (non-hydrogen) atoms. The SMILES string of the molecule is CNCC1CCN(C(=O)c2cc(C)ccc2C)CC1. The van der Waals surface area contributed by atoms with Crippen molar-refractivity contribution in [3.8, 4) is 0 Å². The minimum atomic E-state index is 0.198. The highest BCUT2D eigenvalue weighted by atomic mass is 16.2. The molecule has 0 aromatic heterocycles. The average molecular weight is 260 g/mol. The molecule has 1 heterocycles. The van der Waals surface area contributed by atoms with Crippen LogP contribution < -0.4 is 5.32 Å². The second-order valence-corrected chi connectivity index (χ2v) is 5.61. The number of piperidine rings is 1. The highest BCUT2D eigenvalue weighted by molar-refractivity contribution is 5.95. The molecule has 0 radical (unpaired) electrons. The maximum Gasteiger partial charge on any atom is 0.254 e. The molecule has 1 aromatic carbocycles. The van der Waals surface area contributed by atoms with Crippen LogP contribution in [-0.4, -0.2) is 37.5 Å². The monoisotopic (exact) mass is 260 g/mol. The van der Waals surface area contributed by atoms with Crippen LogP contribution in [0, 0.1) is 19.8 Å². The van der Waals surface area contributed by atoms with Crippen molar-refractivity contribution >= 4 is 5.91 Å². The zero-order valence-electron chi connectivity index (χ0n) is 12.2. The van der Waals surface area contributed by atoms with E-state index in [1.54, 1.807) is 0 Å². The molecule has 1 N–H and O–H groups in total. The molecule has 1 amide bonds. The Morgan fingerprint density at radius 3 is 2.63 bits per heavy atom. The Labute approximate surface area is 116 Å². The van der Waals surface area contributed by atoms with E-state index in [9.17, 15) is 4.79 Å². The smallest absolute Gasteiger partial charge is 0.254 e. The van der Waals surface area contributed by atoms with E-state index in [1.165, 1.54) is 0 Å². The van der Waals surface area contributed by atoms with Crippen LogP contribution >= 0.6 is 0 Å². The molecule has 0 saturated carbocycles. The molecule has 1 aliphatic rings. The summed E-state index contributed by atoms with van der Waals surface area (Å²) in [7, 11) is 1.99. The van der Waals surface area contributed by atoms with Gasteiger partial charge in [0, 0.05) is 18.7 Å². The van der Waals surface area contributed by atoms with Gasteiger partial charge in [-0.3, -0.25) is 4.79 Å². The molecule has 0 bridgehead atoms. The second kappa shape index (κ2) is 6.20. The van der Waals surface area contributed by atoms with Gasteiger partial charge in [0.05, 0.1) is 0 Å². The van der Waals surface area contributed by atoms with E-state index in [1.807, 2.05) is 37.9 Å². The zero-order valence-corrected chi connectivity index (χ0v) is 12.2. The summed E-state index contributed by atoms with van der Waals surface area (Å²) in [5.74, 6) is 0.914. The average Bonchev–Trinajstić information content (AvgIpc) is 2.42. The summed E-state index contributed by atoms with van der Waals surface area (Å²) in [6.45, 7) is 6.89. The number of rotatable bonds is 3. The van der Waals surface area contributed by atoms with Crippen molar-refractivity contribution in [3.63, 3.8) is 0 Å². The zero-order chi connectivity index (χ0) is 13.8. The van der Waals surface area contributed by atoms with Gasteiger partial charge in [-0.1, -0.05) is 17.7 Å². The molecule has 0 aliphatic carbocycles. The summed E-state index contributed by atoms with van der Waals surface area (Å²) in [6, 6.07) is 6.11. The van der Waals surface area contributed by atoms with Crippen LogP contribution in [0.3, 0.4) is 0 Å². The fraction of sp³-hybridized carbons (Fsp3) is 0.562. The lowest BCUT2D eigenvalue weighted by Gasteiger charge is -2.32. The number of nitrogens with one attached hydrogen (secondary N) is 1. The highest BCUT2D eigenvalue weighted by Gasteiger charge is 2.24. The fourth-order valence-electron chi connectivity index (χ4n) is 2.77. The van der Waals surface area contributed by atoms with E-state index in [0.29, 0.717) is 5.92 Å². The van der Waals surface area contributed by atoms with Crippen molar-refractivity contribution in [1.29, 1.82) is 0 Å². The molecule has 0 unspecified atom stereocenters. The fourth-order valence-corrected chi connectivity index (χ4v) is 2.77. The molecule has 0 spiro atoms. The van der Waals surface area contributed by atoms with Gasteiger partial charge in [0.1, 0.15) is 0 Å². The standard InChI is InChI=1S/C16H24N2O/c1-12-4-5-13(2)15(10-12)16(19)18-8-6-14(7-9-18)11-17-3/h4-5,10,14,17H,6-9,11H2,1-3H3. The number of aryl methyl sites for hydroxylation is 2. The molecule has 1 aromatic rings. The van der Waals surface area contributed by atoms with E-state index >= 15 is 0 Å². The first kappa shape index (κ1) is 14.1. The summed E-state index contributed by atoms with van der Waals surface area (Å²) in [5.41, 5.74) is 3.10. The van der Waals surface area contributed by atoms with Crippen molar-refractivity contribution in [1.82, 2.24) is 10.2 Å². The van der Waals surface area contributed by atoms with Gasteiger partial charge in [-0.15, -0.1) is 0 Å². The molecule has 2 rings (SSSR count). The molecule has 104 valence electrons. The van der Waals surface area contributed by atoms with Crippen LogP contribution in [0.1, 0.15) is 34.3 Å². The Bertz CT molecular complexity index is 448. The predicted octanol–water partition coefficient (Wildman–Crippen LogP) is 2.38. The largest absolute Gasteiger partial charge is 0.339 e. The van der Waals surface area contributed by atoms with Crippen LogP contribution in [0.15, 0.2) is 18.2 Å². The lowest BCUT2D eigenvalue weighted by molar-refractivity contribution is 0.0690. The summed E-state index contributed by atoms with van der Waals surface area (Å²) in [5, 5.41) is 3.23. The Morgan fingerprint density at radius 1 is 1.32 bits per heavy atom. The molecular weight excluding hydrogens is 236 g/mol. The van der Waals surface area contributed by atoms with Crippen molar-refractivity contribution in [2.24, 2.45) is 5.92 Å². The predicted molar refractivity (Wildman–Crippen MR) is 78.5 cm³/mol. The number of nitrogens with zero attached hydrogens (tertiary/aromatic N) is 1. The number of amides is 1. The molecule has 3 heteroatoms. The van der Waals surface area contributed by atoms with E-state index in [-0.39, 0.29) is 5.91 Å². The summed E-state index contributed by atoms with van der Waals surface area (Å²) in [6.07, 6.45) is 2.22. The topological polar surface area (TPSA) is 32.3 Å². The molecule has 1 fully saturated rings. The molecule has 3 nitrogen and oxygen atoms in total. The first-order valence-electron chi connectivity index (χ1n) is 7.13. The minimum Gasteiger partial charge on any atom is -0.339 e. The van der Waals surface area contributed by atoms with Crippen LogP contribution in [0.4, 0.5) is 0 Å². The number of benzene rings is 1. The van der Waals surface area contributed by atoms with Gasteiger partial charge in [-0.05, 0) is 57.8 Å². The third-order valence-electron chi connectivity index (χ3n) is 4.02. The Kier molecular flexibility index (Phi) is 4.59. The third kappa shape index (κ3) is 3.35. The van der Waals surface area contributed by atoms with Crippen molar-refractivity contribution in [2.45, 2.75) is 26.7 Å². The quantitative estimate of drug-likeness (QED) is 0.905. The number of hydrogen-bond donors (Lipinski definition) is 1. The summed E-state index contributed by atoms with van der Waals surface area (Å²) in [4.78, 5) is 14.6. The maximum absolute atomic E-state index is 12.5. The van der Waals surface area contributed by atoms with Crippen LogP contribution in [0.25, 0.3) is 0 Å². The van der Waals surface area contributed by atoms with Crippen molar-refractivity contribution in [3.05, 3.63) is 34.9 Å². The maximum atomic E-state index is 12.5. The Balaban J connectivity index is 2.03. The number of likely N-dealkylation sites (tertiary alicyclic amines) is 1. The number of carbonyl (C=O) groups is 1. The Morgan fingerprint density at radius 2 is 2.00 bits per heavy atom. The molecule has 1 saturated heterocycles. The third-order valence-corrected chi connectivity index (χ3v) is 4.02. The van der Waals surface area contributed by atoms with Crippen LogP contribution in [0.5, 0.6) is 0 Å². The second-order valence-electron chi connectivity index (χ2n) is 5.61. The highest BCUT2D eigenvalue weighted by Crippen LogP contribution is 2.20. The van der Waals surface area contributed by atoms with Gasteiger partial charge in [-0.25, -0.2) is 0 Å². The number of carbonyl (C=O) groups excluding carboxylic acids is 1. The normalized spacial score (nSPS) is 16.7. The lowest BCUT2D eigenvalue weighted by atomic mass is 9.95. The Hall–Kier alpha value is -1.35. The lowest BCUT2D eigenvalue weighted by Crippen LogP contribution is -2.40. The van der Waals surface area contributed by atoms with E-state index in [2.05, 4.69) is 11.4 Å². The van der Waals surface area contributed by atoms with E-state index < -0.39 is 0 Å². The van der Waals surface area contributed by atoms with E-state index in [0.717, 1.165) is 49.2 Å².